The maximum Gasteiger partial charge on any atom is 0.425 e. The van der Waals surface area contributed by atoms with Crippen LogP contribution in [-0.2, 0) is 14.3 Å². The van der Waals surface area contributed by atoms with Crippen molar-refractivity contribution in [1.82, 2.24) is 15.4 Å². The first-order valence-corrected chi connectivity index (χ1v) is 12.9. The summed E-state index contributed by atoms with van der Waals surface area (Å²) in [6.07, 6.45) is -0.265. The Bertz CT molecular complexity index is 1480. The zero-order valence-electron chi connectivity index (χ0n) is 22.6. The van der Waals surface area contributed by atoms with Crippen LogP contribution in [0.25, 0.3) is 10.9 Å². The number of aromatic amines is 1. The van der Waals surface area contributed by atoms with Gasteiger partial charge in [-0.15, -0.1) is 0 Å². The topological polar surface area (TPSA) is 195 Å². The fraction of sp³-hybridized carbons (Fsp3) is 0.500. The number of rotatable bonds is 9. The van der Waals surface area contributed by atoms with Gasteiger partial charge in [-0.25, -0.2) is 28.8 Å². The minimum absolute atomic E-state index is 0.0193. The van der Waals surface area contributed by atoms with Gasteiger partial charge in [0.25, 0.3) is 0 Å². The number of fused-ring (bicyclic) bond motifs is 1. The van der Waals surface area contributed by atoms with E-state index in [4.69, 9.17) is 10.5 Å². The molecule has 1 aliphatic heterocycles. The minimum Gasteiger partial charge on any atom is -0.480 e. The van der Waals surface area contributed by atoms with Gasteiger partial charge in [0.15, 0.2) is 5.82 Å². The Labute approximate surface area is 232 Å². The largest absolute Gasteiger partial charge is 0.480 e. The van der Waals surface area contributed by atoms with Gasteiger partial charge in [0.2, 0.25) is 11.3 Å². The van der Waals surface area contributed by atoms with Crippen LogP contribution in [-0.4, -0.2) is 74.9 Å². The Balaban J connectivity index is 1.70. The first-order chi connectivity index (χ1) is 19.1. The quantitative estimate of drug-likeness (QED) is 0.274. The third-order valence-corrected chi connectivity index (χ3v) is 6.83. The molecule has 4 rings (SSSR count). The van der Waals surface area contributed by atoms with E-state index in [-0.39, 0.29) is 36.6 Å². The van der Waals surface area contributed by atoms with Crippen LogP contribution >= 0.6 is 0 Å². The van der Waals surface area contributed by atoms with Crippen molar-refractivity contribution in [3.8, 4) is 0 Å². The van der Waals surface area contributed by atoms with E-state index in [2.05, 4.69) is 10.4 Å². The monoisotopic (exact) mass is 579 g/mol. The highest BCUT2D eigenvalue weighted by molar-refractivity contribution is 5.95. The molecule has 2 aliphatic rings. The summed E-state index contributed by atoms with van der Waals surface area (Å²) in [5, 5.41) is 19.5. The van der Waals surface area contributed by atoms with Gasteiger partial charge in [0.05, 0.1) is 23.4 Å². The van der Waals surface area contributed by atoms with Crippen LogP contribution in [0.1, 0.15) is 68.4 Å². The van der Waals surface area contributed by atoms with E-state index in [9.17, 15) is 34.2 Å². The van der Waals surface area contributed by atoms with Gasteiger partial charge in [-0.2, -0.15) is 0 Å². The van der Waals surface area contributed by atoms with E-state index >= 15 is 8.78 Å². The molecule has 1 saturated carbocycles. The summed E-state index contributed by atoms with van der Waals surface area (Å²) in [6, 6.07) is -1.66. The maximum absolute atomic E-state index is 15.9. The molecule has 13 nitrogen and oxygen atoms in total. The van der Waals surface area contributed by atoms with Crippen molar-refractivity contribution < 1.29 is 42.9 Å². The number of primary amides is 1. The van der Waals surface area contributed by atoms with E-state index in [0.717, 1.165) is 11.1 Å². The van der Waals surface area contributed by atoms with Crippen molar-refractivity contribution in [1.29, 1.82) is 0 Å². The number of nitrogens with one attached hydrogen (secondary N) is 2. The lowest BCUT2D eigenvalue weighted by atomic mass is 10.0. The third-order valence-electron chi connectivity index (χ3n) is 6.83. The van der Waals surface area contributed by atoms with Gasteiger partial charge in [-0.1, -0.05) is 0 Å². The zero-order valence-corrected chi connectivity index (χ0v) is 22.6. The number of benzene rings is 1. The number of hydrogen-bond acceptors (Lipinski definition) is 8. The summed E-state index contributed by atoms with van der Waals surface area (Å²) in [7, 11) is 0. The first kappa shape index (κ1) is 29.7. The number of nitrogens with zero attached hydrogens (tertiary/aromatic N) is 2. The summed E-state index contributed by atoms with van der Waals surface area (Å²) in [6.45, 7) is 4.62. The maximum atomic E-state index is 15.9. The molecule has 2 aromatic rings. The average Bonchev–Trinajstić information content (AvgIpc) is 3.58. The summed E-state index contributed by atoms with van der Waals surface area (Å²) in [4.78, 5) is 64.9. The third kappa shape index (κ3) is 6.24. The van der Waals surface area contributed by atoms with E-state index in [1.165, 1.54) is 4.90 Å². The number of H-pyrrole nitrogens is 1. The Morgan fingerprint density at radius 1 is 1.22 bits per heavy atom. The molecule has 1 aromatic heterocycles. The van der Waals surface area contributed by atoms with E-state index in [1.54, 1.807) is 20.8 Å². The number of hydrogen-bond donors (Lipinski definition) is 5. The predicted molar refractivity (Wildman–Crippen MR) is 140 cm³/mol. The molecule has 1 saturated heterocycles. The lowest BCUT2D eigenvalue weighted by Gasteiger charge is -2.33. The standard InChI is InChI=1S/C26H31F2N5O8/c1-26(2,3)41-25(40)33(31-15(23(36)37)9-16(29)34)12-6-7-32(10-12)21-14(27)8-13-20(18(21)28)30-19(11-4-5-11)17(22(13)35)24(38)39/h8,11-12,15,31H,4-7,9-10H2,1-3H3,(H2,29,34)(H,30,35)(H,36,37)(H,38,39)/t12?,15-/m0/s1. The van der Waals surface area contributed by atoms with Crippen molar-refractivity contribution in [2.75, 3.05) is 18.0 Å². The molecule has 0 spiro atoms. The van der Waals surface area contributed by atoms with Crippen molar-refractivity contribution in [3.63, 3.8) is 0 Å². The number of halogens is 2. The molecule has 2 heterocycles. The number of carboxylic acids is 2. The Hall–Kier alpha value is -4.27. The van der Waals surface area contributed by atoms with Gasteiger partial charge >= 0.3 is 18.0 Å². The number of amides is 2. The predicted octanol–water partition coefficient (Wildman–Crippen LogP) is 2.03. The minimum atomic E-state index is -1.59. The first-order valence-electron chi connectivity index (χ1n) is 12.9. The number of hydrazine groups is 1. The summed E-state index contributed by atoms with van der Waals surface area (Å²) >= 11 is 0. The number of carboxylic acid groups (broad SMARTS) is 2. The second-order valence-electron chi connectivity index (χ2n) is 11.2. The number of carbonyl (C=O) groups is 4. The van der Waals surface area contributed by atoms with Crippen LogP contribution in [0.2, 0.25) is 0 Å². The Morgan fingerprint density at radius 3 is 2.41 bits per heavy atom. The Morgan fingerprint density at radius 2 is 1.88 bits per heavy atom. The number of nitrogens with two attached hydrogens (primary N) is 1. The highest BCUT2D eigenvalue weighted by atomic mass is 19.1. The van der Waals surface area contributed by atoms with Gasteiger partial charge < -0.3 is 30.6 Å². The molecule has 0 bridgehead atoms. The fourth-order valence-electron chi connectivity index (χ4n) is 4.88. The van der Waals surface area contributed by atoms with Crippen LogP contribution < -0.4 is 21.5 Å². The van der Waals surface area contributed by atoms with Crippen LogP contribution in [0, 0.1) is 11.6 Å². The van der Waals surface area contributed by atoms with Gasteiger partial charge in [0.1, 0.15) is 28.7 Å². The van der Waals surface area contributed by atoms with E-state index < -0.39 is 81.7 Å². The number of aromatic nitrogens is 1. The molecule has 222 valence electrons. The second kappa shape index (κ2) is 11.0. The average molecular weight is 580 g/mol. The number of pyridine rings is 1. The number of aliphatic carboxylic acids is 1. The van der Waals surface area contributed by atoms with Crippen molar-refractivity contribution >= 4 is 40.5 Å². The van der Waals surface area contributed by atoms with E-state index in [0.29, 0.717) is 12.8 Å². The molecule has 15 heteroatoms. The van der Waals surface area contributed by atoms with E-state index in [1.807, 2.05) is 0 Å². The number of anilines is 1. The van der Waals surface area contributed by atoms with Crippen LogP contribution in [0.15, 0.2) is 10.9 Å². The normalized spacial score (nSPS) is 17.9. The highest BCUT2D eigenvalue weighted by Crippen LogP contribution is 2.41. The summed E-state index contributed by atoms with van der Waals surface area (Å²) in [5.74, 6) is -6.37. The molecule has 0 radical (unpaired) electrons. The number of ether oxygens (including phenoxy) is 1. The highest BCUT2D eigenvalue weighted by Gasteiger charge is 2.39. The second-order valence-corrected chi connectivity index (χ2v) is 11.2. The van der Waals surface area contributed by atoms with Gasteiger partial charge in [-0.05, 0) is 46.1 Å². The number of carbonyl (C=O) groups excluding carboxylic acids is 2. The molecular formula is C26H31F2N5O8. The number of aromatic carboxylic acids is 1. The SMILES string of the molecule is CC(C)(C)OC(=O)N(N[C@@H](CC(N)=O)C(=O)O)C1CCN(c2c(F)cc3c(=O)c(C(=O)O)c(C4CC4)[nH]c3c2F)C1. The summed E-state index contributed by atoms with van der Waals surface area (Å²) < 4.78 is 36.6. The molecule has 41 heavy (non-hydrogen) atoms. The van der Waals surface area contributed by atoms with Crippen LogP contribution in [0.4, 0.5) is 19.3 Å². The lowest BCUT2D eigenvalue weighted by Crippen LogP contribution is -2.58. The van der Waals surface area contributed by atoms with Crippen molar-refractivity contribution in [3.05, 3.63) is 39.2 Å². The smallest absolute Gasteiger partial charge is 0.425 e. The lowest BCUT2D eigenvalue weighted by molar-refractivity contribution is -0.143. The molecule has 6 N–H and O–H groups in total. The molecule has 2 fully saturated rings. The molecule has 2 amide bonds. The Kier molecular flexibility index (Phi) is 7.94. The van der Waals surface area contributed by atoms with Crippen LogP contribution in [0.5, 0.6) is 0 Å². The zero-order chi connectivity index (χ0) is 30.4. The fourth-order valence-corrected chi connectivity index (χ4v) is 4.88. The molecule has 1 aromatic carbocycles. The van der Waals surface area contributed by atoms with Gasteiger partial charge in [0, 0.05) is 24.7 Å². The van der Waals surface area contributed by atoms with Crippen molar-refractivity contribution in [2.45, 2.75) is 70.1 Å². The molecular weight excluding hydrogens is 548 g/mol. The molecule has 2 atom stereocenters. The molecule has 1 unspecified atom stereocenters. The van der Waals surface area contributed by atoms with Crippen LogP contribution in [0.3, 0.4) is 0 Å². The molecule has 1 aliphatic carbocycles. The van der Waals surface area contributed by atoms with Crippen molar-refractivity contribution in [2.24, 2.45) is 5.73 Å². The van der Waals surface area contributed by atoms with Gasteiger partial charge in [-0.3, -0.25) is 14.4 Å². The summed E-state index contributed by atoms with van der Waals surface area (Å²) in [5.41, 5.74) is 4.36.